The summed E-state index contributed by atoms with van der Waals surface area (Å²) >= 11 is 1.67. The van der Waals surface area contributed by atoms with E-state index in [2.05, 4.69) is 59.0 Å². The number of ketones is 1. The number of carbonyl (C=O) groups is 1. The lowest BCUT2D eigenvalue weighted by atomic mass is 9.95. The van der Waals surface area contributed by atoms with Gasteiger partial charge in [-0.1, -0.05) is 24.3 Å². The highest BCUT2D eigenvalue weighted by Gasteiger charge is 2.23. The summed E-state index contributed by atoms with van der Waals surface area (Å²) < 4.78 is 7.06. The maximum absolute atomic E-state index is 14.1. The number of nitrogens with zero attached hydrogens (tertiary/aromatic N) is 3. The van der Waals surface area contributed by atoms with Crippen LogP contribution in [-0.4, -0.2) is 59.9 Å². The largest absolute Gasteiger partial charge is 0.476 e. The Kier molecular flexibility index (Phi) is 7.78. The Hall–Kier alpha value is -3.06. The molecule has 2 aromatic carbocycles. The maximum Gasteiger partial charge on any atom is 0.213 e. The minimum atomic E-state index is 0.0712. The average Bonchev–Trinajstić information content (AvgIpc) is 3.71. The highest BCUT2D eigenvalue weighted by Crippen LogP contribution is 2.40. The summed E-state index contributed by atoms with van der Waals surface area (Å²) in [5.74, 6) is 0.703. The number of aromatic nitrogens is 1. The molecule has 0 amide bonds. The predicted octanol–water partition coefficient (Wildman–Crippen LogP) is 6.88. The Labute approximate surface area is 235 Å². The number of carbonyl (C=O) groups excluding carboxylic acids is 1. The van der Waals surface area contributed by atoms with E-state index in [0.29, 0.717) is 12.5 Å². The summed E-state index contributed by atoms with van der Waals surface area (Å²) in [4.78, 5) is 24.6. The molecule has 6 heteroatoms. The van der Waals surface area contributed by atoms with E-state index in [-0.39, 0.29) is 5.78 Å². The molecule has 0 spiro atoms. The lowest BCUT2D eigenvalue weighted by Crippen LogP contribution is -2.25. The smallest absolute Gasteiger partial charge is 0.213 e. The van der Waals surface area contributed by atoms with Gasteiger partial charge in [-0.05, 0) is 101 Å². The van der Waals surface area contributed by atoms with Gasteiger partial charge in [-0.2, -0.15) is 0 Å². The summed E-state index contributed by atoms with van der Waals surface area (Å²) in [6, 6.07) is 16.6. The molecule has 2 aliphatic rings. The van der Waals surface area contributed by atoms with Crippen LogP contribution >= 0.6 is 11.3 Å². The van der Waals surface area contributed by atoms with Crippen LogP contribution < -0.4 is 4.74 Å². The maximum atomic E-state index is 14.1. The molecule has 2 aromatic heterocycles. The molecule has 0 aliphatic carbocycles. The van der Waals surface area contributed by atoms with Crippen molar-refractivity contribution in [1.29, 1.82) is 0 Å². The first-order chi connectivity index (χ1) is 19.0. The molecule has 202 valence electrons. The van der Waals surface area contributed by atoms with Gasteiger partial charge >= 0.3 is 0 Å². The van der Waals surface area contributed by atoms with E-state index in [1.165, 1.54) is 68.6 Å². The summed E-state index contributed by atoms with van der Waals surface area (Å²) in [6.45, 7) is 11.4. The number of hydrogen-bond donors (Lipinski definition) is 0. The number of pyridine rings is 1. The van der Waals surface area contributed by atoms with Crippen LogP contribution in [0, 0.1) is 13.8 Å². The zero-order chi connectivity index (χ0) is 26.8. The Morgan fingerprint density at radius 2 is 1.69 bits per heavy atom. The zero-order valence-electron chi connectivity index (χ0n) is 23.0. The molecule has 2 saturated heterocycles. The van der Waals surface area contributed by atoms with Crippen LogP contribution in [0.1, 0.15) is 58.3 Å². The van der Waals surface area contributed by atoms with Crippen molar-refractivity contribution in [3.8, 4) is 16.3 Å². The third kappa shape index (κ3) is 5.79. The number of likely N-dealkylation sites (tertiary alicyclic amines) is 2. The molecule has 6 rings (SSSR count). The normalized spacial score (nSPS) is 16.4. The predicted molar refractivity (Wildman–Crippen MR) is 160 cm³/mol. The van der Waals surface area contributed by atoms with Crippen molar-refractivity contribution in [3.05, 3.63) is 82.5 Å². The second-order valence-electron chi connectivity index (χ2n) is 11.0. The van der Waals surface area contributed by atoms with E-state index in [1.807, 2.05) is 24.4 Å². The molecule has 0 saturated carbocycles. The molecule has 0 bridgehead atoms. The number of hydrogen-bond acceptors (Lipinski definition) is 6. The van der Waals surface area contributed by atoms with E-state index in [4.69, 9.17) is 4.74 Å². The third-order valence-electron chi connectivity index (χ3n) is 8.12. The van der Waals surface area contributed by atoms with Crippen molar-refractivity contribution < 1.29 is 9.53 Å². The van der Waals surface area contributed by atoms with Gasteiger partial charge in [0.05, 0.1) is 0 Å². The molecule has 5 nitrogen and oxygen atoms in total. The van der Waals surface area contributed by atoms with Gasteiger partial charge in [0.15, 0.2) is 5.78 Å². The summed E-state index contributed by atoms with van der Waals surface area (Å²) in [6.07, 6.45) is 6.98. The third-order valence-corrected chi connectivity index (χ3v) is 9.33. The van der Waals surface area contributed by atoms with Crippen molar-refractivity contribution in [2.45, 2.75) is 46.1 Å². The van der Waals surface area contributed by atoms with Gasteiger partial charge in [0.25, 0.3) is 0 Å². The van der Waals surface area contributed by atoms with Crippen molar-refractivity contribution in [3.63, 3.8) is 0 Å². The van der Waals surface area contributed by atoms with Gasteiger partial charge in [0.2, 0.25) is 5.88 Å². The van der Waals surface area contributed by atoms with Crippen molar-refractivity contribution in [2.75, 3.05) is 39.3 Å². The molecule has 0 radical (unpaired) electrons. The van der Waals surface area contributed by atoms with Crippen LogP contribution in [0.4, 0.5) is 0 Å². The van der Waals surface area contributed by atoms with E-state index < -0.39 is 0 Å². The van der Waals surface area contributed by atoms with Gasteiger partial charge in [-0.15, -0.1) is 11.3 Å². The Balaban J connectivity index is 1.27. The van der Waals surface area contributed by atoms with Crippen LogP contribution in [-0.2, 0) is 6.54 Å². The van der Waals surface area contributed by atoms with Gasteiger partial charge in [0.1, 0.15) is 6.61 Å². The van der Waals surface area contributed by atoms with Crippen molar-refractivity contribution in [1.82, 2.24) is 14.8 Å². The highest BCUT2D eigenvalue weighted by atomic mass is 32.1. The minimum Gasteiger partial charge on any atom is -0.476 e. The van der Waals surface area contributed by atoms with Gasteiger partial charge < -0.3 is 4.74 Å². The number of benzene rings is 2. The second kappa shape index (κ2) is 11.6. The van der Waals surface area contributed by atoms with Gasteiger partial charge in [-0.3, -0.25) is 14.6 Å². The van der Waals surface area contributed by atoms with Crippen LogP contribution in [0.5, 0.6) is 5.88 Å². The highest BCUT2D eigenvalue weighted by molar-refractivity contribution is 7.22. The molecule has 4 heterocycles. The summed E-state index contributed by atoms with van der Waals surface area (Å²) in [7, 11) is 0. The average molecular weight is 540 g/mol. The molecular weight excluding hydrogens is 502 g/mol. The molecule has 39 heavy (non-hydrogen) atoms. The van der Waals surface area contributed by atoms with Crippen LogP contribution in [0.25, 0.3) is 20.5 Å². The van der Waals surface area contributed by atoms with Crippen molar-refractivity contribution >= 4 is 27.2 Å². The second-order valence-corrected chi connectivity index (χ2v) is 12.1. The van der Waals surface area contributed by atoms with Crippen LogP contribution in [0.2, 0.25) is 0 Å². The molecular formula is C33H37N3O2S. The van der Waals surface area contributed by atoms with E-state index in [9.17, 15) is 4.79 Å². The number of ether oxygens (including phenoxy) is 1. The fourth-order valence-corrected chi connectivity index (χ4v) is 7.15. The van der Waals surface area contributed by atoms with Crippen LogP contribution in [0.3, 0.4) is 0 Å². The monoisotopic (exact) mass is 539 g/mol. The Morgan fingerprint density at radius 1 is 0.923 bits per heavy atom. The molecule has 2 fully saturated rings. The first-order valence-electron chi connectivity index (χ1n) is 14.3. The van der Waals surface area contributed by atoms with Gasteiger partial charge in [-0.25, -0.2) is 4.98 Å². The van der Waals surface area contributed by atoms with Crippen LogP contribution in [0.15, 0.2) is 54.7 Å². The van der Waals surface area contributed by atoms with Gasteiger partial charge in [0, 0.05) is 57.0 Å². The number of thiophene rings is 1. The molecule has 0 N–H and O–H groups in total. The SMILES string of the molecule is Cc1ccc2c(C(=O)c3ccc(CN4CCCC4)c(C)c3)c(-c3ccc(OCCN4CCCC4)nc3)sc2c1. The topological polar surface area (TPSA) is 45.7 Å². The minimum absolute atomic E-state index is 0.0712. The first kappa shape index (κ1) is 26.2. The number of rotatable bonds is 9. The zero-order valence-corrected chi connectivity index (χ0v) is 23.9. The molecule has 0 unspecified atom stereocenters. The fourth-order valence-electron chi connectivity index (χ4n) is 5.86. The van der Waals surface area contributed by atoms with E-state index >= 15 is 0 Å². The number of fused-ring (bicyclic) bond motifs is 1. The lowest BCUT2D eigenvalue weighted by Gasteiger charge is -2.17. The first-order valence-corrected chi connectivity index (χ1v) is 15.1. The summed E-state index contributed by atoms with van der Waals surface area (Å²) in [5.41, 5.74) is 6.15. The molecule has 2 aliphatic heterocycles. The molecule has 4 aromatic rings. The molecule has 0 atom stereocenters. The quantitative estimate of drug-likeness (QED) is 0.217. The van der Waals surface area contributed by atoms with Crippen molar-refractivity contribution in [2.24, 2.45) is 0 Å². The summed E-state index contributed by atoms with van der Waals surface area (Å²) in [5, 5.41) is 1.01. The Bertz CT molecular complexity index is 1460. The standard InChI is InChI=1S/C33H37N3O2S/c1-23-7-11-28-29(19-23)39-33(26-10-12-30(34-21-26)38-18-17-35-13-3-4-14-35)31(28)32(37)25-8-9-27(24(2)20-25)22-36-15-5-6-16-36/h7-12,19-21H,3-6,13-18,22H2,1-2H3. The lowest BCUT2D eigenvalue weighted by molar-refractivity contribution is 0.104. The van der Waals surface area contributed by atoms with E-state index in [0.717, 1.165) is 44.7 Å². The Morgan fingerprint density at radius 3 is 2.41 bits per heavy atom. The van der Waals surface area contributed by atoms with E-state index in [1.54, 1.807) is 11.3 Å². The number of aryl methyl sites for hydroxylation is 2. The fraction of sp³-hybridized carbons (Fsp3) is 0.394.